The Labute approximate surface area is 139 Å². The molecule has 0 spiro atoms. The minimum Gasteiger partial charge on any atom is -0.387 e. The van der Waals surface area contributed by atoms with Gasteiger partial charge in [0.25, 0.3) is 0 Å². The van der Waals surface area contributed by atoms with Crippen LogP contribution in [0.5, 0.6) is 0 Å². The second-order valence-corrected chi connectivity index (χ2v) is 6.45. The highest BCUT2D eigenvalue weighted by molar-refractivity contribution is 5.00. The monoisotopic (exact) mass is 336 g/mol. The molecule has 0 bridgehead atoms. The predicted octanol–water partition coefficient (Wildman–Crippen LogP) is 0.826. The lowest BCUT2D eigenvalue weighted by Gasteiger charge is -2.51. The van der Waals surface area contributed by atoms with Crippen LogP contribution in [0, 0.1) is 5.41 Å². The van der Waals surface area contributed by atoms with Crippen molar-refractivity contribution in [3.63, 3.8) is 0 Å². The highest BCUT2D eigenvalue weighted by Crippen LogP contribution is 2.41. The summed E-state index contributed by atoms with van der Waals surface area (Å²) in [6.45, 7) is 4.49. The van der Waals surface area contributed by atoms with Crippen LogP contribution in [-0.4, -0.2) is 84.1 Å². The molecule has 7 nitrogen and oxygen atoms in total. The number of aliphatic hydroxyl groups is 1. The highest BCUT2D eigenvalue weighted by atomic mass is 16.7. The maximum Gasteiger partial charge on any atom is 0.185 e. The molecule has 0 aliphatic carbocycles. The van der Waals surface area contributed by atoms with E-state index in [1.165, 1.54) is 14.2 Å². The Morgan fingerprint density at radius 1 is 1.04 bits per heavy atom. The van der Waals surface area contributed by atoms with Crippen LogP contribution in [0.25, 0.3) is 0 Å². The molecule has 1 aliphatic rings. The van der Waals surface area contributed by atoms with Crippen molar-refractivity contribution in [1.29, 1.82) is 0 Å². The third kappa shape index (κ3) is 4.63. The molecule has 1 saturated heterocycles. The zero-order chi connectivity index (χ0) is 17.6. The number of methoxy groups -OCH3 is 5. The van der Waals surface area contributed by atoms with Crippen molar-refractivity contribution in [3.8, 4) is 0 Å². The predicted molar refractivity (Wildman–Crippen MR) is 84.3 cm³/mol. The summed E-state index contributed by atoms with van der Waals surface area (Å²) < 4.78 is 32.9. The van der Waals surface area contributed by atoms with Gasteiger partial charge in [-0.2, -0.15) is 0 Å². The molecule has 5 atom stereocenters. The first kappa shape index (κ1) is 20.8. The lowest BCUT2D eigenvalue weighted by Crippen LogP contribution is -2.63. The van der Waals surface area contributed by atoms with Gasteiger partial charge >= 0.3 is 0 Å². The van der Waals surface area contributed by atoms with Crippen molar-refractivity contribution in [1.82, 2.24) is 0 Å². The first-order chi connectivity index (χ1) is 10.9. The van der Waals surface area contributed by atoms with Crippen molar-refractivity contribution in [2.45, 2.75) is 57.1 Å². The quantitative estimate of drug-likeness (QED) is 0.625. The van der Waals surface area contributed by atoms with E-state index in [-0.39, 0.29) is 12.2 Å². The largest absolute Gasteiger partial charge is 0.387 e. The van der Waals surface area contributed by atoms with E-state index in [2.05, 4.69) is 0 Å². The molecule has 1 N–H and O–H groups in total. The van der Waals surface area contributed by atoms with E-state index in [1.54, 1.807) is 21.3 Å². The Morgan fingerprint density at radius 2 is 1.65 bits per heavy atom. The normalized spacial score (nSPS) is 32.2. The number of hydrogen-bond donors (Lipinski definition) is 1. The molecule has 0 unspecified atom stereocenters. The van der Waals surface area contributed by atoms with Crippen molar-refractivity contribution in [2.75, 3.05) is 42.2 Å². The van der Waals surface area contributed by atoms with Crippen molar-refractivity contribution in [2.24, 2.45) is 5.41 Å². The molecule has 0 aromatic rings. The summed E-state index contributed by atoms with van der Waals surface area (Å²) >= 11 is 0. The van der Waals surface area contributed by atoms with Gasteiger partial charge in [0.1, 0.15) is 12.2 Å². The minimum absolute atomic E-state index is 0.110. The third-order valence-electron chi connectivity index (χ3n) is 4.68. The Balaban J connectivity index is 3.01. The molecule has 23 heavy (non-hydrogen) atoms. The minimum atomic E-state index is -0.862. The Hall–Kier alpha value is -0.280. The van der Waals surface area contributed by atoms with Crippen LogP contribution in [0.1, 0.15) is 20.3 Å². The van der Waals surface area contributed by atoms with Crippen molar-refractivity contribution < 1.29 is 33.5 Å². The standard InChI is InChI=1S/C16H32O7/c1-16(2)11(8-10(19-4)9-18-3)23-13(15(21-6)22-7)12(17)14(16)20-5/h10-15,17H,8-9H2,1-7H3/t10-,11-,12+,13+,14-/m1/s1. The summed E-state index contributed by atoms with van der Waals surface area (Å²) in [6, 6.07) is 0. The summed E-state index contributed by atoms with van der Waals surface area (Å²) in [5.41, 5.74) is -0.415. The van der Waals surface area contributed by atoms with Gasteiger partial charge in [0, 0.05) is 47.4 Å². The van der Waals surface area contributed by atoms with Gasteiger partial charge in [0.05, 0.1) is 24.9 Å². The summed E-state index contributed by atoms with van der Waals surface area (Å²) in [6.07, 6.45) is -2.31. The highest BCUT2D eigenvalue weighted by Gasteiger charge is 2.53. The molecule has 1 rings (SSSR count). The molecule has 1 fully saturated rings. The van der Waals surface area contributed by atoms with E-state index >= 15 is 0 Å². The van der Waals surface area contributed by atoms with E-state index in [9.17, 15) is 5.11 Å². The van der Waals surface area contributed by atoms with Gasteiger partial charge in [-0.05, 0) is 0 Å². The smallest absolute Gasteiger partial charge is 0.185 e. The molecular weight excluding hydrogens is 304 g/mol. The second-order valence-electron chi connectivity index (χ2n) is 6.45. The number of rotatable bonds is 9. The van der Waals surface area contributed by atoms with Crippen LogP contribution >= 0.6 is 0 Å². The lowest BCUT2D eigenvalue weighted by molar-refractivity contribution is -0.297. The summed E-state index contributed by atoms with van der Waals surface area (Å²) in [7, 11) is 7.90. The van der Waals surface area contributed by atoms with Crippen molar-refractivity contribution >= 4 is 0 Å². The van der Waals surface area contributed by atoms with Crippen LogP contribution in [0.3, 0.4) is 0 Å². The fraction of sp³-hybridized carbons (Fsp3) is 1.00. The fourth-order valence-electron chi connectivity index (χ4n) is 3.29. The van der Waals surface area contributed by atoms with Crippen LogP contribution in [-0.2, 0) is 28.4 Å². The third-order valence-corrected chi connectivity index (χ3v) is 4.68. The molecule has 0 aromatic heterocycles. The van der Waals surface area contributed by atoms with E-state index in [0.717, 1.165) is 0 Å². The molecule has 1 heterocycles. The molecule has 0 radical (unpaired) electrons. The van der Waals surface area contributed by atoms with E-state index in [1.807, 2.05) is 13.8 Å². The van der Waals surface area contributed by atoms with Crippen LogP contribution in [0.15, 0.2) is 0 Å². The zero-order valence-corrected chi connectivity index (χ0v) is 15.3. The van der Waals surface area contributed by atoms with Gasteiger partial charge in [-0.1, -0.05) is 13.8 Å². The second kappa shape index (κ2) is 9.27. The Kier molecular flexibility index (Phi) is 8.37. The lowest BCUT2D eigenvalue weighted by atomic mass is 9.73. The summed E-state index contributed by atoms with van der Waals surface area (Å²) in [5.74, 6) is 0. The topological polar surface area (TPSA) is 75.6 Å². The first-order valence-corrected chi connectivity index (χ1v) is 7.80. The zero-order valence-electron chi connectivity index (χ0n) is 15.3. The van der Waals surface area contributed by atoms with Gasteiger partial charge in [-0.3, -0.25) is 0 Å². The Bertz CT molecular complexity index is 332. The molecule has 0 amide bonds. The van der Waals surface area contributed by atoms with Crippen LogP contribution in [0.2, 0.25) is 0 Å². The number of hydrogen-bond acceptors (Lipinski definition) is 7. The fourth-order valence-corrected chi connectivity index (χ4v) is 3.29. The van der Waals surface area contributed by atoms with Gasteiger partial charge in [0.15, 0.2) is 6.29 Å². The van der Waals surface area contributed by atoms with Gasteiger partial charge < -0.3 is 33.5 Å². The van der Waals surface area contributed by atoms with Crippen LogP contribution in [0.4, 0.5) is 0 Å². The van der Waals surface area contributed by atoms with E-state index in [0.29, 0.717) is 13.0 Å². The maximum atomic E-state index is 10.6. The number of aliphatic hydroxyl groups excluding tert-OH is 1. The Morgan fingerprint density at radius 3 is 2.09 bits per heavy atom. The molecule has 7 heteroatoms. The first-order valence-electron chi connectivity index (χ1n) is 7.80. The van der Waals surface area contributed by atoms with Gasteiger partial charge in [-0.25, -0.2) is 0 Å². The summed E-state index contributed by atoms with van der Waals surface area (Å²) in [4.78, 5) is 0. The SMILES string of the molecule is COC[C@@H](C[C@H]1O[C@H](C(OC)OC)[C@H](O)[C@@H](OC)C1(C)C)OC. The van der Waals surface area contributed by atoms with E-state index < -0.39 is 30.0 Å². The molecule has 138 valence electrons. The molecule has 1 aliphatic heterocycles. The van der Waals surface area contributed by atoms with Crippen LogP contribution < -0.4 is 0 Å². The average Bonchev–Trinajstić information content (AvgIpc) is 2.52. The van der Waals surface area contributed by atoms with Crippen molar-refractivity contribution in [3.05, 3.63) is 0 Å². The van der Waals surface area contributed by atoms with Gasteiger partial charge in [-0.15, -0.1) is 0 Å². The molecular formula is C16H32O7. The molecule has 0 aromatic carbocycles. The average molecular weight is 336 g/mol. The number of ether oxygens (including phenoxy) is 6. The maximum absolute atomic E-state index is 10.6. The molecule has 0 saturated carbocycles. The van der Waals surface area contributed by atoms with E-state index in [4.69, 9.17) is 28.4 Å². The van der Waals surface area contributed by atoms with Gasteiger partial charge in [0.2, 0.25) is 0 Å². The summed E-state index contributed by atoms with van der Waals surface area (Å²) in [5, 5.41) is 10.6.